The SMILES string of the molecule is CCOc1nc(-c2cc(NCCc3c(OC)ccc4ccccc34)ncn2)sc1-c1noc(=O)[nH]1. The van der Waals surface area contributed by atoms with Gasteiger partial charge in [-0.25, -0.2) is 14.8 Å². The van der Waals surface area contributed by atoms with Crippen molar-refractivity contribution in [1.82, 2.24) is 25.1 Å². The van der Waals surface area contributed by atoms with Gasteiger partial charge in [-0.05, 0) is 30.2 Å². The third-order valence-corrected chi connectivity index (χ3v) is 6.38. The Morgan fingerprint density at radius 3 is 2.86 bits per heavy atom. The monoisotopic (exact) mass is 490 g/mol. The maximum absolute atomic E-state index is 11.4. The molecule has 5 aromatic rings. The molecular weight excluding hydrogens is 468 g/mol. The van der Waals surface area contributed by atoms with Gasteiger partial charge in [0, 0.05) is 18.2 Å². The van der Waals surface area contributed by atoms with Crippen LogP contribution in [0.15, 0.2) is 58.1 Å². The van der Waals surface area contributed by atoms with Crippen LogP contribution >= 0.6 is 11.3 Å². The van der Waals surface area contributed by atoms with Crippen LogP contribution in [0.4, 0.5) is 5.82 Å². The van der Waals surface area contributed by atoms with E-state index in [1.807, 2.05) is 31.2 Å². The number of hydrogen-bond donors (Lipinski definition) is 2. The second-order valence-electron chi connectivity index (χ2n) is 7.46. The number of benzene rings is 2. The Morgan fingerprint density at radius 2 is 2.06 bits per heavy atom. The van der Waals surface area contributed by atoms with Crippen molar-refractivity contribution < 1.29 is 14.0 Å². The van der Waals surface area contributed by atoms with Crippen LogP contribution in [0.1, 0.15) is 12.5 Å². The molecule has 0 unspecified atom stereocenters. The summed E-state index contributed by atoms with van der Waals surface area (Å²) >= 11 is 1.29. The number of anilines is 1. The topological polar surface area (TPSA) is 128 Å². The number of aromatic nitrogens is 5. The number of nitrogens with one attached hydrogen (secondary N) is 2. The molecule has 0 aliphatic carbocycles. The number of methoxy groups -OCH3 is 1. The molecule has 11 heteroatoms. The number of fused-ring (bicyclic) bond motifs is 1. The van der Waals surface area contributed by atoms with Gasteiger partial charge in [-0.15, -0.1) is 11.3 Å². The molecule has 2 aromatic carbocycles. The minimum atomic E-state index is -0.645. The minimum absolute atomic E-state index is 0.263. The molecule has 5 rings (SSSR count). The normalized spacial score (nSPS) is 11.0. The summed E-state index contributed by atoms with van der Waals surface area (Å²) < 4.78 is 15.9. The summed E-state index contributed by atoms with van der Waals surface area (Å²) in [6.45, 7) is 2.91. The van der Waals surface area contributed by atoms with Gasteiger partial charge in [0.1, 0.15) is 33.5 Å². The van der Waals surface area contributed by atoms with Gasteiger partial charge in [-0.2, -0.15) is 4.98 Å². The molecule has 0 amide bonds. The molecule has 3 heterocycles. The van der Waals surface area contributed by atoms with Crippen LogP contribution in [-0.2, 0) is 6.42 Å². The highest BCUT2D eigenvalue weighted by molar-refractivity contribution is 7.18. The van der Waals surface area contributed by atoms with E-state index in [-0.39, 0.29) is 5.82 Å². The Hall–Kier alpha value is -4.25. The molecule has 2 N–H and O–H groups in total. The van der Waals surface area contributed by atoms with Crippen LogP contribution in [0.25, 0.3) is 32.2 Å². The Bertz CT molecular complexity index is 1530. The first-order valence-corrected chi connectivity index (χ1v) is 11.8. The zero-order chi connectivity index (χ0) is 24.2. The Labute approximate surface area is 204 Å². The maximum Gasteiger partial charge on any atom is 0.439 e. The Balaban J connectivity index is 1.36. The Kier molecular flexibility index (Phi) is 6.40. The number of ether oxygens (including phenoxy) is 2. The lowest BCUT2D eigenvalue weighted by molar-refractivity contribution is 0.330. The van der Waals surface area contributed by atoms with E-state index < -0.39 is 5.76 Å². The number of rotatable bonds is 9. The van der Waals surface area contributed by atoms with E-state index in [1.165, 1.54) is 28.4 Å². The van der Waals surface area contributed by atoms with E-state index in [9.17, 15) is 4.79 Å². The molecule has 0 spiro atoms. The largest absolute Gasteiger partial charge is 0.496 e. The van der Waals surface area contributed by atoms with E-state index in [1.54, 1.807) is 7.11 Å². The fourth-order valence-electron chi connectivity index (χ4n) is 3.78. The first-order valence-electron chi connectivity index (χ1n) is 11.0. The van der Waals surface area contributed by atoms with Gasteiger partial charge in [0.2, 0.25) is 5.88 Å². The molecule has 0 fully saturated rings. The van der Waals surface area contributed by atoms with E-state index in [2.05, 4.69) is 53.1 Å². The van der Waals surface area contributed by atoms with E-state index in [0.717, 1.165) is 17.7 Å². The van der Waals surface area contributed by atoms with Crippen molar-refractivity contribution in [2.45, 2.75) is 13.3 Å². The van der Waals surface area contributed by atoms with Crippen LogP contribution < -0.4 is 20.5 Å². The van der Waals surface area contributed by atoms with Gasteiger partial charge < -0.3 is 14.8 Å². The molecule has 3 aromatic heterocycles. The number of thiazole rings is 1. The van der Waals surface area contributed by atoms with Crippen molar-refractivity contribution >= 4 is 27.9 Å². The molecule has 178 valence electrons. The van der Waals surface area contributed by atoms with Crippen LogP contribution in [0.2, 0.25) is 0 Å². The average Bonchev–Trinajstić information content (AvgIpc) is 3.50. The number of hydrogen-bond acceptors (Lipinski definition) is 10. The van der Waals surface area contributed by atoms with Crippen LogP contribution in [0.5, 0.6) is 11.6 Å². The fourth-order valence-corrected chi connectivity index (χ4v) is 4.69. The highest BCUT2D eigenvalue weighted by Gasteiger charge is 2.20. The smallest absolute Gasteiger partial charge is 0.439 e. The molecular formula is C24H22N6O4S. The lowest BCUT2D eigenvalue weighted by Crippen LogP contribution is -2.08. The summed E-state index contributed by atoms with van der Waals surface area (Å²) in [5, 5.41) is 10.1. The van der Waals surface area contributed by atoms with Gasteiger partial charge in [0.05, 0.1) is 13.7 Å². The number of aromatic amines is 1. The number of nitrogens with zero attached hydrogens (tertiary/aromatic N) is 4. The summed E-state index contributed by atoms with van der Waals surface area (Å²) in [7, 11) is 1.69. The van der Waals surface area contributed by atoms with Gasteiger partial charge in [-0.1, -0.05) is 35.5 Å². The van der Waals surface area contributed by atoms with Crippen molar-refractivity contribution in [2.24, 2.45) is 0 Å². The highest BCUT2D eigenvalue weighted by atomic mass is 32.1. The first-order chi connectivity index (χ1) is 17.2. The first kappa shape index (κ1) is 22.5. The predicted molar refractivity (Wildman–Crippen MR) is 133 cm³/mol. The molecule has 0 saturated carbocycles. The van der Waals surface area contributed by atoms with Gasteiger partial charge in [0.25, 0.3) is 0 Å². The van der Waals surface area contributed by atoms with Crippen molar-refractivity contribution in [3.05, 3.63) is 64.9 Å². The summed E-state index contributed by atoms with van der Waals surface area (Å²) in [4.78, 5) is 27.7. The quantitative estimate of drug-likeness (QED) is 0.313. The molecule has 0 atom stereocenters. The summed E-state index contributed by atoms with van der Waals surface area (Å²) in [6, 6.07) is 14.1. The minimum Gasteiger partial charge on any atom is -0.496 e. The summed E-state index contributed by atoms with van der Waals surface area (Å²) in [5.41, 5.74) is 1.76. The van der Waals surface area contributed by atoms with E-state index >= 15 is 0 Å². The summed E-state index contributed by atoms with van der Waals surface area (Å²) in [6.07, 6.45) is 2.23. The van der Waals surface area contributed by atoms with Gasteiger partial charge in [0.15, 0.2) is 5.82 Å². The molecule has 0 aliphatic rings. The standard InChI is InChI=1S/C24H22N6O4S/c1-3-33-22-20(21-28-24(31)34-30-21)35-23(29-22)17-12-19(27-13-26-17)25-11-10-16-15-7-5-4-6-14(15)8-9-18(16)32-2/h4-9,12-13H,3,10-11H2,1-2H3,(H,25,26,27)(H,28,30,31). The summed E-state index contributed by atoms with van der Waals surface area (Å²) in [5.74, 6) is 1.50. The lowest BCUT2D eigenvalue weighted by Gasteiger charge is -2.13. The van der Waals surface area contributed by atoms with Crippen molar-refractivity contribution in [2.75, 3.05) is 25.6 Å². The van der Waals surface area contributed by atoms with E-state index in [0.29, 0.717) is 40.4 Å². The molecule has 35 heavy (non-hydrogen) atoms. The molecule has 0 radical (unpaired) electrons. The molecule has 0 aliphatic heterocycles. The molecule has 0 saturated heterocycles. The zero-order valence-corrected chi connectivity index (χ0v) is 19.9. The van der Waals surface area contributed by atoms with E-state index in [4.69, 9.17) is 9.47 Å². The van der Waals surface area contributed by atoms with Crippen molar-refractivity contribution in [3.63, 3.8) is 0 Å². The van der Waals surface area contributed by atoms with Crippen LogP contribution in [-0.4, -0.2) is 45.4 Å². The van der Waals surface area contributed by atoms with Gasteiger partial charge in [-0.3, -0.25) is 9.51 Å². The van der Waals surface area contributed by atoms with Gasteiger partial charge >= 0.3 is 5.76 Å². The third kappa shape index (κ3) is 4.71. The average molecular weight is 491 g/mol. The third-order valence-electron chi connectivity index (χ3n) is 5.32. The van der Waals surface area contributed by atoms with Crippen LogP contribution in [0.3, 0.4) is 0 Å². The van der Waals surface area contributed by atoms with Crippen molar-refractivity contribution in [3.8, 4) is 33.0 Å². The zero-order valence-electron chi connectivity index (χ0n) is 19.1. The second-order valence-corrected chi connectivity index (χ2v) is 8.46. The molecule has 10 nitrogen and oxygen atoms in total. The van der Waals surface area contributed by atoms with Crippen molar-refractivity contribution in [1.29, 1.82) is 0 Å². The second kappa shape index (κ2) is 9.94. The van der Waals surface area contributed by atoms with Crippen LogP contribution in [0, 0.1) is 0 Å². The highest BCUT2D eigenvalue weighted by Crippen LogP contribution is 2.38. The lowest BCUT2D eigenvalue weighted by atomic mass is 10.0. The maximum atomic E-state index is 11.4. The Morgan fingerprint density at radius 1 is 1.17 bits per heavy atom. The number of H-pyrrole nitrogens is 1. The molecule has 0 bridgehead atoms. The fraction of sp³-hybridized carbons (Fsp3) is 0.208. The predicted octanol–water partition coefficient (Wildman–Crippen LogP) is 4.16.